The highest BCUT2D eigenvalue weighted by molar-refractivity contribution is 5.99. The van der Waals surface area contributed by atoms with E-state index in [9.17, 15) is 9.90 Å². The Morgan fingerprint density at radius 1 is 0.971 bits per heavy atom. The van der Waals surface area contributed by atoms with E-state index in [1.54, 1.807) is 6.07 Å². The van der Waals surface area contributed by atoms with E-state index in [0.29, 0.717) is 17.4 Å². The second kappa shape index (κ2) is 9.10. The van der Waals surface area contributed by atoms with Crippen LogP contribution in [0.25, 0.3) is 22.2 Å². The third kappa shape index (κ3) is 3.80. The second-order valence-electron chi connectivity index (χ2n) is 10.3. The highest BCUT2D eigenvalue weighted by atomic mass is 16.5. The third-order valence-electron chi connectivity index (χ3n) is 8.28. The lowest BCUT2D eigenvalue weighted by molar-refractivity contribution is 0.0681. The number of aromatic carboxylic acids is 1. The van der Waals surface area contributed by atoms with Crippen LogP contribution in [0, 0.1) is 5.92 Å². The maximum Gasteiger partial charge on any atom is 0.335 e. The Morgan fingerprint density at radius 2 is 1.76 bits per heavy atom. The fourth-order valence-electron chi connectivity index (χ4n) is 6.56. The molecule has 178 valence electrons. The summed E-state index contributed by atoms with van der Waals surface area (Å²) in [5.74, 6) is 0.345. The molecule has 1 aliphatic carbocycles. The zero-order valence-electron chi connectivity index (χ0n) is 19.8. The third-order valence-corrected chi connectivity index (χ3v) is 8.28. The topological polar surface area (TPSA) is 54.7 Å². The number of carboxylic acids is 1. The van der Waals surface area contributed by atoms with Gasteiger partial charge in [0, 0.05) is 55.0 Å². The highest BCUT2D eigenvalue weighted by Crippen LogP contribution is 2.47. The molecule has 0 unspecified atom stereocenters. The van der Waals surface area contributed by atoms with E-state index in [2.05, 4.69) is 39.8 Å². The lowest BCUT2D eigenvalue weighted by Gasteiger charge is -2.31. The fourth-order valence-corrected chi connectivity index (χ4v) is 6.56. The van der Waals surface area contributed by atoms with Crippen molar-refractivity contribution in [1.82, 2.24) is 4.57 Å². The molecular weight excluding hydrogens is 424 g/mol. The quantitative estimate of drug-likeness (QED) is 0.498. The Morgan fingerprint density at radius 3 is 2.56 bits per heavy atom. The van der Waals surface area contributed by atoms with Gasteiger partial charge in [0.15, 0.2) is 0 Å². The molecule has 3 aromatic rings. The zero-order valence-corrected chi connectivity index (χ0v) is 19.8. The summed E-state index contributed by atoms with van der Waals surface area (Å²) < 4.78 is 8.05. The Bertz CT molecular complexity index is 1200. The normalized spacial score (nSPS) is 19.6. The van der Waals surface area contributed by atoms with Gasteiger partial charge in [0.1, 0.15) is 0 Å². The van der Waals surface area contributed by atoms with Crippen molar-refractivity contribution < 1.29 is 14.6 Å². The van der Waals surface area contributed by atoms with Crippen molar-refractivity contribution >= 4 is 22.6 Å². The van der Waals surface area contributed by atoms with Crippen molar-refractivity contribution in [3.63, 3.8) is 0 Å². The molecule has 0 bridgehead atoms. The van der Waals surface area contributed by atoms with Crippen LogP contribution in [0.15, 0.2) is 42.5 Å². The number of carboxylic acid groups (broad SMARTS) is 1. The van der Waals surface area contributed by atoms with Crippen LogP contribution in [0.1, 0.15) is 66.8 Å². The first-order chi connectivity index (χ1) is 16.7. The van der Waals surface area contributed by atoms with Gasteiger partial charge in [-0.15, -0.1) is 0 Å². The summed E-state index contributed by atoms with van der Waals surface area (Å²) in [4.78, 5) is 14.4. The first-order valence-electron chi connectivity index (χ1n) is 13.0. The average molecular weight is 459 g/mol. The van der Waals surface area contributed by atoms with E-state index in [1.807, 2.05) is 6.07 Å². The molecule has 6 rings (SSSR count). The molecule has 3 heterocycles. The van der Waals surface area contributed by atoms with E-state index < -0.39 is 5.97 Å². The predicted octanol–water partition coefficient (Wildman–Crippen LogP) is 6.30. The average Bonchev–Trinajstić information content (AvgIpc) is 3.12. The number of carbonyl (C=O) groups is 1. The Hall–Kier alpha value is -2.79. The van der Waals surface area contributed by atoms with Crippen molar-refractivity contribution in [2.45, 2.75) is 57.4 Å². The van der Waals surface area contributed by atoms with Crippen LogP contribution in [0.5, 0.6) is 0 Å². The van der Waals surface area contributed by atoms with Crippen molar-refractivity contribution in [3.05, 3.63) is 53.6 Å². The first kappa shape index (κ1) is 21.7. The molecule has 1 N–H and O–H groups in total. The monoisotopic (exact) mass is 458 g/mol. The molecule has 0 radical (unpaired) electrons. The van der Waals surface area contributed by atoms with E-state index in [0.717, 1.165) is 51.2 Å². The number of para-hydroxylation sites is 1. The molecule has 0 atom stereocenters. The van der Waals surface area contributed by atoms with Crippen molar-refractivity contribution in [2.75, 3.05) is 31.2 Å². The summed E-state index contributed by atoms with van der Waals surface area (Å²) in [6.07, 6.45) is 8.58. The van der Waals surface area contributed by atoms with Gasteiger partial charge in [-0.05, 0) is 61.3 Å². The van der Waals surface area contributed by atoms with E-state index in [4.69, 9.17) is 4.74 Å². The largest absolute Gasteiger partial charge is 0.478 e. The summed E-state index contributed by atoms with van der Waals surface area (Å²) in [6, 6.07) is 14.7. The summed E-state index contributed by atoms with van der Waals surface area (Å²) in [7, 11) is 0. The number of benzene rings is 2. The van der Waals surface area contributed by atoms with Crippen LogP contribution >= 0.6 is 0 Å². The molecule has 5 heteroatoms. The summed E-state index contributed by atoms with van der Waals surface area (Å²) in [5, 5.41) is 11.0. The number of hydrogen-bond acceptors (Lipinski definition) is 3. The molecule has 5 nitrogen and oxygen atoms in total. The van der Waals surface area contributed by atoms with Crippen LogP contribution in [-0.4, -0.2) is 41.9 Å². The van der Waals surface area contributed by atoms with Gasteiger partial charge < -0.3 is 19.3 Å². The Kier molecular flexibility index (Phi) is 5.82. The van der Waals surface area contributed by atoms with Crippen LogP contribution in [0.2, 0.25) is 0 Å². The first-order valence-corrected chi connectivity index (χ1v) is 13.0. The van der Waals surface area contributed by atoms with Gasteiger partial charge in [0.05, 0.1) is 11.3 Å². The fraction of sp³-hybridized carbons (Fsp3) is 0.483. The minimum absolute atomic E-state index is 0.375. The number of nitrogens with zero attached hydrogens (tertiary/aromatic N) is 2. The van der Waals surface area contributed by atoms with Gasteiger partial charge >= 0.3 is 5.97 Å². The number of fused-ring (bicyclic) bond motifs is 5. The van der Waals surface area contributed by atoms with Crippen LogP contribution in [0.3, 0.4) is 0 Å². The number of rotatable bonds is 4. The smallest absolute Gasteiger partial charge is 0.335 e. The van der Waals surface area contributed by atoms with E-state index >= 15 is 0 Å². The van der Waals surface area contributed by atoms with Gasteiger partial charge in [0.25, 0.3) is 0 Å². The molecule has 34 heavy (non-hydrogen) atoms. The van der Waals surface area contributed by atoms with Gasteiger partial charge in [-0.2, -0.15) is 0 Å². The zero-order chi connectivity index (χ0) is 23.1. The van der Waals surface area contributed by atoms with Gasteiger partial charge in [-0.25, -0.2) is 4.79 Å². The maximum absolute atomic E-state index is 11.8. The molecule has 1 aromatic heterocycles. The lowest BCUT2D eigenvalue weighted by Crippen LogP contribution is -2.34. The van der Waals surface area contributed by atoms with Crippen molar-refractivity contribution in [1.29, 1.82) is 0 Å². The number of ether oxygens (including phenoxy) is 1. The molecule has 1 saturated heterocycles. The molecule has 0 spiro atoms. The van der Waals surface area contributed by atoms with Gasteiger partial charge in [0.2, 0.25) is 0 Å². The lowest BCUT2D eigenvalue weighted by atomic mass is 9.81. The standard InChI is InChI=1S/C29H34N2O3/c32-29(33)22-10-11-23-26(18-22)31-15-14-30(19-20-12-16-34-17-13-20)25-9-5-4-8-24(25)28(31)27(23)21-6-2-1-3-7-21/h4-5,8-11,18,20-21H,1-3,6-7,12-17,19H2,(H,32,33). The van der Waals surface area contributed by atoms with Crippen LogP contribution in [-0.2, 0) is 11.3 Å². The Labute approximate surface area is 201 Å². The molecule has 2 fully saturated rings. The molecule has 3 aliphatic rings. The molecule has 2 aliphatic heterocycles. The number of aromatic nitrogens is 1. The summed E-state index contributed by atoms with van der Waals surface area (Å²) >= 11 is 0. The summed E-state index contributed by atoms with van der Waals surface area (Å²) in [5.41, 5.74) is 6.87. The molecule has 0 amide bonds. The minimum atomic E-state index is -0.855. The van der Waals surface area contributed by atoms with E-state index in [1.165, 1.54) is 60.0 Å². The Balaban J connectivity index is 1.52. The van der Waals surface area contributed by atoms with Crippen LogP contribution < -0.4 is 4.90 Å². The van der Waals surface area contributed by atoms with Gasteiger partial charge in [-0.3, -0.25) is 0 Å². The van der Waals surface area contributed by atoms with Crippen molar-refractivity contribution in [2.24, 2.45) is 5.92 Å². The molecular formula is C29H34N2O3. The summed E-state index contributed by atoms with van der Waals surface area (Å²) in [6.45, 7) is 4.61. The predicted molar refractivity (Wildman–Crippen MR) is 136 cm³/mol. The maximum atomic E-state index is 11.8. The van der Waals surface area contributed by atoms with E-state index in [-0.39, 0.29) is 0 Å². The van der Waals surface area contributed by atoms with Gasteiger partial charge in [-0.1, -0.05) is 43.5 Å². The number of anilines is 1. The SMILES string of the molecule is O=C(O)c1ccc2c(C3CCCCC3)c3n(c2c1)CCN(CC1CCOCC1)c1ccccc1-3. The molecule has 1 saturated carbocycles. The molecule has 2 aromatic carbocycles. The number of hydrogen-bond donors (Lipinski definition) is 1. The second-order valence-corrected chi connectivity index (χ2v) is 10.3. The van der Waals surface area contributed by atoms with Crippen molar-refractivity contribution in [3.8, 4) is 11.3 Å². The highest BCUT2D eigenvalue weighted by Gasteiger charge is 2.31. The van der Waals surface area contributed by atoms with Crippen LogP contribution in [0.4, 0.5) is 5.69 Å². The minimum Gasteiger partial charge on any atom is -0.478 e.